The molecule has 1 aromatic carbocycles. The molecular formula is C14H19ClN2O3. The second kappa shape index (κ2) is 8.55. The molecule has 1 atom stereocenters. The zero-order valence-electron chi connectivity index (χ0n) is 11.4. The SMILES string of the molecule is CC(=O)NC(CC(=O)NCCCO)c1ccc(Cl)cc1. The molecule has 20 heavy (non-hydrogen) atoms. The van der Waals surface area contributed by atoms with Gasteiger partial charge in [0, 0.05) is 25.1 Å². The van der Waals surface area contributed by atoms with Crippen LogP contribution in [0.1, 0.15) is 31.4 Å². The third kappa shape index (κ3) is 6.04. The van der Waals surface area contributed by atoms with E-state index in [1.165, 1.54) is 6.92 Å². The van der Waals surface area contributed by atoms with Crippen LogP contribution in [0.15, 0.2) is 24.3 Å². The van der Waals surface area contributed by atoms with Gasteiger partial charge in [-0.25, -0.2) is 0 Å². The summed E-state index contributed by atoms with van der Waals surface area (Å²) in [5.74, 6) is -0.375. The Morgan fingerprint density at radius 2 is 1.95 bits per heavy atom. The maximum atomic E-state index is 11.8. The molecule has 6 heteroatoms. The van der Waals surface area contributed by atoms with Crippen LogP contribution in [0.25, 0.3) is 0 Å². The van der Waals surface area contributed by atoms with E-state index in [-0.39, 0.29) is 30.9 Å². The number of carbonyl (C=O) groups is 2. The fourth-order valence-electron chi connectivity index (χ4n) is 1.76. The first-order valence-corrected chi connectivity index (χ1v) is 6.81. The standard InChI is InChI=1S/C14H19ClN2O3/c1-10(19)17-13(9-14(20)16-7-2-8-18)11-3-5-12(15)6-4-11/h3-6,13,18H,2,7-9H2,1H3,(H,16,20)(H,17,19). The summed E-state index contributed by atoms with van der Waals surface area (Å²) in [6.45, 7) is 1.86. The lowest BCUT2D eigenvalue weighted by atomic mass is 10.0. The summed E-state index contributed by atoms with van der Waals surface area (Å²) in [7, 11) is 0. The molecule has 0 radical (unpaired) electrons. The van der Waals surface area contributed by atoms with Crippen LogP contribution in [-0.2, 0) is 9.59 Å². The number of carbonyl (C=O) groups excluding carboxylic acids is 2. The Morgan fingerprint density at radius 1 is 1.30 bits per heavy atom. The average molecular weight is 299 g/mol. The number of amides is 2. The van der Waals surface area contributed by atoms with Crippen LogP contribution < -0.4 is 10.6 Å². The molecular weight excluding hydrogens is 280 g/mol. The number of nitrogens with one attached hydrogen (secondary N) is 2. The first-order valence-electron chi connectivity index (χ1n) is 6.43. The van der Waals surface area contributed by atoms with Gasteiger partial charge in [0.15, 0.2) is 0 Å². The minimum atomic E-state index is -0.390. The van der Waals surface area contributed by atoms with E-state index in [1.54, 1.807) is 24.3 Å². The summed E-state index contributed by atoms with van der Waals surface area (Å²) in [4.78, 5) is 23.0. The predicted molar refractivity (Wildman–Crippen MR) is 77.3 cm³/mol. The molecule has 2 amide bonds. The molecule has 0 aliphatic carbocycles. The monoisotopic (exact) mass is 298 g/mol. The molecule has 1 unspecified atom stereocenters. The lowest BCUT2D eigenvalue weighted by Gasteiger charge is -2.18. The molecule has 110 valence electrons. The minimum Gasteiger partial charge on any atom is -0.396 e. The molecule has 5 nitrogen and oxygen atoms in total. The van der Waals surface area contributed by atoms with Crippen LogP contribution in [0.5, 0.6) is 0 Å². The average Bonchev–Trinajstić information content (AvgIpc) is 2.38. The van der Waals surface area contributed by atoms with Crippen LogP contribution in [0.3, 0.4) is 0 Å². The Kier molecular flexibility index (Phi) is 7.04. The molecule has 0 heterocycles. The molecule has 0 aromatic heterocycles. The van der Waals surface area contributed by atoms with E-state index in [1.807, 2.05) is 0 Å². The highest BCUT2D eigenvalue weighted by molar-refractivity contribution is 6.30. The van der Waals surface area contributed by atoms with E-state index in [0.717, 1.165) is 5.56 Å². The Bertz CT molecular complexity index is 448. The third-order valence-corrected chi connectivity index (χ3v) is 2.95. The Labute approximate surface area is 123 Å². The molecule has 1 aromatic rings. The van der Waals surface area contributed by atoms with Crippen molar-refractivity contribution in [3.05, 3.63) is 34.9 Å². The van der Waals surface area contributed by atoms with E-state index in [2.05, 4.69) is 10.6 Å². The largest absolute Gasteiger partial charge is 0.396 e. The highest BCUT2D eigenvalue weighted by Gasteiger charge is 2.16. The van der Waals surface area contributed by atoms with Crippen LogP contribution >= 0.6 is 11.6 Å². The van der Waals surface area contributed by atoms with Crippen LogP contribution in [0, 0.1) is 0 Å². The Balaban J connectivity index is 2.67. The van der Waals surface area contributed by atoms with Gasteiger partial charge in [-0.1, -0.05) is 23.7 Å². The van der Waals surface area contributed by atoms with Gasteiger partial charge in [0.25, 0.3) is 0 Å². The number of hydrogen-bond donors (Lipinski definition) is 3. The first kappa shape index (κ1) is 16.5. The van der Waals surface area contributed by atoms with Gasteiger partial charge < -0.3 is 15.7 Å². The fourth-order valence-corrected chi connectivity index (χ4v) is 1.88. The van der Waals surface area contributed by atoms with Crippen molar-refractivity contribution in [1.29, 1.82) is 0 Å². The zero-order valence-corrected chi connectivity index (χ0v) is 12.1. The molecule has 0 bridgehead atoms. The van der Waals surface area contributed by atoms with Gasteiger partial charge in [-0.2, -0.15) is 0 Å². The summed E-state index contributed by atoms with van der Waals surface area (Å²) in [6.07, 6.45) is 0.657. The number of aliphatic hydroxyl groups excluding tert-OH is 1. The van der Waals surface area contributed by atoms with E-state index in [4.69, 9.17) is 16.7 Å². The number of benzene rings is 1. The minimum absolute atomic E-state index is 0.0343. The third-order valence-electron chi connectivity index (χ3n) is 2.70. The van der Waals surface area contributed by atoms with Gasteiger partial charge >= 0.3 is 0 Å². The smallest absolute Gasteiger partial charge is 0.222 e. The van der Waals surface area contributed by atoms with Crippen molar-refractivity contribution in [2.75, 3.05) is 13.2 Å². The number of hydrogen-bond acceptors (Lipinski definition) is 3. The second-order valence-electron chi connectivity index (χ2n) is 4.44. The lowest BCUT2D eigenvalue weighted by Crippen LogP contribution is -2.33. The van der Waals surface area contributed by atoms with Crippen molar-refractivity contribution < 1.29 is 14.7 Å². The van der Waals surface area contributed by atoms with Crippen LogP contribution in [0.2, 0.25) is 5.02 Å². The maximum absolute atomic E-state index is 11.8. The van der Waals surface area contributed by atoms with E-state index >= 15 is 0 Å². The number of halogens is 1. The maximum Gasteiger partial charge on any atom is 0.222 e. The molecule has 0 fully saturated rings. The molecule has 1 rings (SSSR count). The van der Waals surface area contributed by atoms with Crippen LogP contribution in [0.4, 0.5) is 0 Å². The second-order valence-corrected chi connectivity index (χ2v) is 4.87. The number of rotatable bonds is 7. The highest BCUT2D eigenvalue weighted by atomic mass is 35.5. The van der Waals surface area contributed by atoms with Crippen molar-refractivity contribution in [1.82, 2.24) is 10.6 Å². The summed E-state index contributed by atoms with van der Waals surface area (Å²) in [6, 6.07) is 6.61. The Hall–Kier alpha value is -1.59. The summed E-state index contributed by atoms with van der Waals surface area (Å²) in [5.41, 5.74) is 0.821. The van der Waals surface area contributed by atoms with E-state index in [0.29, 0.717) is 18.0 Å². The highest BCUT2D eigenvalue weighted by Crippen LogP contribution is 2.19. The van der Waals surface area contributed by atoms with Gasteiger partial charge in [-0.15, -0.1) is 0 Å². The van der Waals surface area contributed by atoms with Gasteiger partial charge in [-0.05, 0) is 24.1 Å². The van der Waals surface area contributed by atoms with Crippen LogP contribution in [-0.4, -0.2) is 30.1 Å². The normalized spacial score (nSPS) is 11.8. The summed E-state index contributed by atoms with van der Waals surface area (Å²) in [5, 5.41) is 14.7. The van der Waals surface area contributed by atoms with E-state index < -0.39 is 0 Å². The van der Waals surface area contributed by atoms with Crippen molar-refractivity contribution in [2.24, 2.45) is 0 Å². The fraction of sp³-hybridized carbons (Fsp3) is 0.429. The predicted octanol–water partition coefficient (Wildman–Crippen LogP) is 1.41. The summed E-state index contributed by atoms with van der Waals surface area (Å²) < 4.78 is 0. The van der Waals surface area contributed by atoms with Crippen molar-refractivity contribution >= 4 is 23.4 Å². The molecule has 0 aliphatic heterocycles. The lowest BCUT2D eigenvalue weighted by molar-refractivity contribution is -0.122. The summed E-state index contributed by atoms with van der Waals surface area (Å²) >= 11 is 5.82. The molecule has 0 saturated heterocycles. The van der Waals surface area contributed by atoms with Crippen molar-refractivity contribution in [3.8, 4) is 0 Å². The van der Waals surface area contributed by atoms with Crippen molar-refractivity contribution in [3.63, 3.8) is 0 Å². The molecule has 0 saturated carbocycles. The van der Waals surface area contributed by atoms with Crippen molar-refractivity contribution in [2.45, 2.75) is 25.8 Å². The molecule has 3 N–H and O–H groups in total. The van der Waals surface area contributed by atoms with Gasteiger partial charge in [0.1, 0.15) is 0 Å². The molecule has 0 aliphatic rings. The van der Waals surface area contributed by atoms with E-state index in [9.17, 15) is 9.59 Å². The van der Waals surface area contributed by atoms with Gasteiger partial charge in [-0.3, -0.25) is 9.59 Å². The first-order chi connectivity index (χ1) is 9.52. The van der Waals surface area contributed by atoms with Gasteiger partial charge in [0.05, 0.1) is 12.5 Å². The topological polar surface area (TPSA) is 78.4 Å². The van der Waals surface area contributed by atoms with Gasteiger partial charge in [0.2, 0.25) is 11.8 Å². The molecule has 0 spiro atoms. The quantitative estimate of drug-likeness (QED) is 0.666. The zero-order chi connectivity index (χ0) is 15.0. The number of aliphatic hydroxyl groups is 1. The Morgan fingerprint density at radius 3 is 2.50 bits per heavy atom.